The lowest BCUT2D eigenvalue weighted by Gasteiger charge is -2.10. The van der Waals surface area contributed by atoms with Gasteiger partial charge in [0.25, 0.3) is 0 Å². The predicted octanol–water partition coefficient (Wildman–Crippen LogP) is 4.33. The van der Waals surface area contributed by atoms with Crippen molar-refractivity contribution in [2.24, 2.45) is 0 Å². The van der Waals surface area contributed by atoms with Crippen LogP contribution < -0.4 is 0 Å². The molecule has 0 heterocycles. The van der Waals surface area contributed by atoms with E-state index in [2.05, 4.69) is 25.3 Å². The third-order valence-corrected chi connectivity index (χ3v) is 3.50. The normalized spacial score (nSPS) is 9.55. The lowest BCUT2D eigenvalue weighted by Crippen LogP contribution is -1.97. The van der Waals surface area contributed by atoms with E-state index in [9.17, 15) is 0 Å². The zero-order chi connectivity index (χ0) is 15.9. The summed E-state index contributed by atoms with van der Waals surface area (Å²) in [6, 6.07) is 19.2. The molecule has 106 valence electrons. The highest BCUT2D eigenvalue weighted by Gasteiger charge is 2.04. The van der Waals surface area contributed by atoms with Crippen LogP contribution in [-0.4, -0.2) is 0 Å². The van der Waals surface area contributed by atoms with Gasteiger partial charge in [-0.2, -0.15) is 10.5 Å². The summed E-state index contributed by atoms with van der Waals surface area (Å²) in [7, 11) is 0. The standard InChI is InChI=1S/C20H16N2/c1-15(11-17-3-7-19(13-21)8-4-17)16(2)12-18-5-9-20(14-22)10-6-18/h3-10H,1-2,11-12H2. The van der Waals surface area contributed by atoms with Crippen LogP contribution in [0.2, 0.25) is 0 Å². The van der Waals surface area contributed by atoms with Crippen LogP contribution in [0.25, 0.3) is 0 Å². The summed E-state index contributed by atoms with van der Waals surface area (Å²) in [6.07, 6.45) is 1.45. The number of allylic oxidation sites excluding steroid dienone is 2. The average molecular weight is 284 g/mol. The van der Waals surface area contributed by atoms with Crippen molar-refractivity contribution in [3.8, 4) is 12.1 Å². The van der Waals surface area contributed by atoms with Crippen molar-refractivity contribution in [3.63, 3.8) is 0 Å². The molecule has 0 atom stereocenters. The summed E-state index contributed by atoms with van der Waals surface area (Å²) in [5.41, 5.74) is 5.51. The molecule has 0 N–H and O–H groups in total. The Hall–Kier alpha value is -3.10. The Morgan fingerprint density at radius 1 is 0.682 bits per heavy atom. The van der Waals surface area contributed by atoms with Gasteiger partial charge < -0.3 is 0 Å². The SMILES string of the molecule is C=C(Cc1ccc(C#N)cc1)C(=C)Cc1ccc(C#N)cc1. The van der Waals surface area contributed by atoms with E-state index in [1.54, 1.807) is 0 Å². The minimum Gasteiger partial charge on any atom is -0.192 e. The molecule has 0 radical (unpaired) electrons. The van der Waals surface area contributed by atoms with Crippen LogP contribution in [0.4, 0.5) is 0 Å². The molecule has 0 aliphatic carbocycles. The first-order chi connectivity index (χ1) is 10.6. The topological polar surface area (TPSA) is 47.6 Å². The van der Waals surface area contributed by atoms with Gasteiger partial charge in [0.1, 0.15) is 0 Å². The first-order valence-electron chi connectivity index (χ1n) is 6.96. The molecule has 2 heteroatoms. The van der Waals surface area contributed by atoms with Crippen LogP contribution in [-0.2, 0) is 12.8 Å². The lowest BCUT2D eigenvalue weighted by atomic mass is 9.95. The number of rotatable bonds is 5. The van der Waals surface area contributed by atoms with E-state index in [1.807, 2.05) is 48.5 Å². The molecule has 2 rings (SSSR count). The van der Waals surface area contributed by atoms with E-state index in [1.165, 1.54) is 0 Å². The van der Waals surface area contributed by atoms with Crippen LogP contribution in [0.1, 0.15) is 22.3 Å². The van der Waals surface area contributed by atoms with Crippen molar-refractivity contribution in [3.05, 3.63) is 95.1 Å². The van der Waals surface area contributed by atoms with Gasteiger partial charge in [-0.25, -0.2) is 0 Å². The molecule has 2 aromatic carbocycles. The number of nitrogens with zero attached hydrogens (tertiary/aromatic N) is 2. The van der Waals surface area contributed by atoms with Crippen molar-refractivity contribution in [1.82, 2.24) is 0 Å². The van der Waals surface area contributed by atoms with Crippen LogP contribution >= 0.6 is 0 Å². The van der Waals surface area contributed by atoms with Crippen molar-refractivity contribution in [2.45, 2.75) is 12.8 Å². The summed E-state index contributed by atoms with van der Waals surface area (Å²) < 4.78 is 0. The Balaban J connectivity index is 1.98. The molecule has 0 aromatic heterocycles. The molecule has 22 heavy (non-hydrogen) atoms. The van der Waals surface area contributed by atoms with Gasteiger partial charge in [0.05, 0.1) is 23.3 Å². The molecule has 0 fully saturated rings. The highest BCUT2D eigenvalue weighted by Crippen LogP contribution is 2.18. The van der Waals surface area contributed by atoms with Gasteiger partial charge >= 0.3 is 0 Å². The third kappa shape index (κ3) is 3.95. The second-order valence-electron chi connectivity index (χ2n) is 5.18. The summed E-state index contributed by atoms with van der Waals surface area (Å²) in [5.74, 6) is 0. The lowest BCUT2D eigenvalue weighted by molar-refractivity contribution is 1.08. The number of hydrogen-bond acceptors (Lipinski definition) is 2. The summed E-state index contributed by atoms with van der Waals surface area (Å²) in [6.45, 7) is 8.21. The first-order valence-corrected chi connectivity index (χ1v) is 6.96. The number of hydrogen-bond donors (Lipinski definition) is 0. The molecule has 0 spiro atoms. The van der Waals surface area contributed by atoms with E-state index >= 15 is 0 Å². The van der Waals surface area contributed by atoms with Crippen LogP contribution in [0.15, 0.2) is 72.8 Å². The predicted molar refractivity (Wildman–Crippen MR) is 88.0 cm³/mol. The molecule has 0 saturated heterocycles. The maximum absolute atomic E-state index is 8.80. The van der Waals surface area contributed by atoms with Crippen LogP contribution in [0.5, 0.6) is 0 Å². The quantitative estimate of drug-likeness (QED) is 0.767. The molecular weight excluding hydrogens is 268 g/mol. The zero-order valence-electron chi connectivity index (χ0n) is 12.3. The second-order valence-corrected chi connectivity index (χ2v) is 5.18. The fourth-order valence-electron chi connectivity index (χ4n) is 2.14. The minimum atomic E-state index is 0.658. The van der Waals surface area contributed by atoms with Crippen LogP contribution in [0.3, 0.4) is 0 Å². The van der Waals surface area contributed by atoms with Gasteiger partial charge in [-0.05, 0) is 59.4 Å². The molecule has 0 aliphatic heterocycles. The Labute approximate surface area is 131 Å². The fourth-order valence-corrected chi connectivity index (χ4v) is 2.14. The highest BCUT2D eigenvalue weighted by atomic mass is 14.2. The third-order valence-electron chi connectivity index (χ3n) is 3.50. The Morgan fingerprint density at radius 3 is 1.27 bits per heavy atom. The Kier molecular flexibility index (Phi) is 4.91. The van der Waals surface area contributed by atoms with E-state index in [4.69, 9.17) is 10.5 Å². The van der Waals surface area contributed by atoms with Gasteiger partial charge in [-0.3, -0.25) is 0 Å². The van der Waals surface area contributed by atoms with Gasteiger partial charge in [-0.15, -0.1) is 0 Å². The first kappa shape index (κ1) is 15.3. The Bertz CT molecular complexity index is 697. The largest absolute Gasteiger partial charge is 0.192 e. The number of nitriles is 2. The molecular formula is C20H16N2. The van der Waals surface area contributed by atoms with Gasteiger partial charge in [0.2, 0.25) is 0 Å². The maximum Gasteiger partial charge on any atom is 0.0991 e. The summed E-state index contributed by atoms with van der Waals surface area (Å²) >= 11 is 0. The summed E-state index contributed by atoms with van der Waals surface area (Å²) in [5, 5.41) is 17.6. The van der Waals surface area contributed by atoms with Crippen molar-refractivity contribution < 1.29 is 0 Å². The zero-order valence-corrected chi connectivity index (χ0v) is 12.3. The molecule has 0 saturated carbocycles. The maximum atomic E-state index is 8.80. The smallest absolute Gasteiger partial charge is 0.0991 e. The van der Waals surface area contributed by atoms with Gasteiger partial charge in [0, 0.05) is 0 Å². The van der Waals surface area contributed by atoms with Gasteiger partial charge in [0.15, 0.2) is 0 Å². The molecule has 0 aliphatic rings. The molecule has 2 nitrogen and oxygen atoms in total. The van der Waals surface area contributed by atoms with Gasteiger partial charge in [-0.1, -0.05) is 37.4 Å². The minimum absolute atomic E-state index is 0.658. The second kappa shape index (κ2) is 7.07. The van der Waals surface area contributed by atoms with Crippen molar-refractivity contribution in [2.75, 3.05) is 0 Å². The molecule has 0 amide bonds. The molecule has 2 aromatic rings. The monoisotopic (exact) mass is 284 g/mol. The number of benzene rings is 2. The van der Waals surface area contributed by atoms with Crippen molar-refractivity contribution >= 4 is 0 Å². The Morgan fingerprint density at radius 2 is 1.00 bits per heavy atom. The molecule has 0 unspecified atom stereocenters. The van der Waals surface area contributed by atoms with E-state index < -0.39 is 0 Å². The average Bonchev–Trinajstić information content (AvgIpc) is 2.56. The summed E-state index contributed by atoms with van der Waals surface area (Å²) in [4.78, 5) is 0. The molecule has 0 bridgehead atoms. The van der Waals surface area contributed by atoms with Crippen LogP contribution in [0, 0.1) is 22.7 Å². The van der Waals surface area contributed by atoms with E-state index in [0.29, 0.717) is 11.1 Å². The fraction of sp³-hybridized carbons (Fsp3) is 0.100. The highest BCUT2D eigenvalue weighted by molar-refractivity contribution is 5.39. The van der Waals surface area contributed by atoms with Crippen molar-refractivity contribution in [1.29, 1.82) is 10.5 Å². The van der Waals surface area contributed by atoms with E-state index in [0.717, 1.165) is 35.1 Å². The van der Waals surface area contributed by atoms with E-state index in [-0.39, 0.29) is 0 Å².